The lowest BCUT2D eigenvalue weighted by atomic mass is 10.3. The lowest BCUT2D eigenvalue weighted by Gasteiger charge is -2.07. The van der Waals surface area contributed by atoms with Crippen molar-refractivity contribution in [1.29, 1.82) is 0 Å². The minimum Gasteiger partial charge on any atom is -0.504 e. The third-order valence-corrected chi connectivity index (χ3v) is 1.89. The zero-order valence-electron chi connectivity index (χ0n) is 8.29. The lowest BCUT2D eigenvalue weighted by molar-refractivity contribution is -0.122. The maximum atomic E-state index is 11.1. The monoisotopic (exact) mass is 229 g/mol. The van der Waals surface area contributed by atoms with Gasteiger partial charge in [-0.05, 0) is 19.1 Å². The van der Waals surface area contributed by atoms with Gasteiger partial charge in [0.1, 0.15) is 0 Å². The summed E-state index contributed by atoms with van der Waals surface area (Å²) in [6, 6.07) is 4.44. The van der Waals surface area contributed by atoms with E-state index in [-0.39, 0.29) is 24.0 Å². The van der Waals surface area contributed by atoms with E-state index in [1.165, 1.54) is 12.1 Å². The molecule has 1 aromatic rings. The Morgan fingerprint density at radius 3 is 2.93 bits per heavy atom. The maximum Gasteiger partial charge on any atom is 0.257 e. The van der Waals surface area contributed by atoms with Crippen molar-refractivity contribution in [2.45, 2.75) is 6.92 Å². The third-order valence-electron chi connectivity index (χ3n) is 1.65. The summed E-state index contributed by atoms with van der Waals surface area (Å²) in [5, 5.41) is 12.4. The average Bonchev–Trinajstić information content (AvgIpc) is 2.17. The second-order valence-corrected chi connectivity index (χ2v) is 3.29. The van der Waals surface area contributed by atoms with Gasteiger partial charge in [-0.2, -0.15) is 0 Å². The van der Waals surface area contributed by atoms with Gasteiger partial charge in [-0.25, -0.2) is 0 Å². The van der Waals surface area contributed by atoms with E-state index < -0.39 is 0 Å². The highest BCUT2D eigenvalue weighted by Crippen LogP contribution is 2.28. The van der Waals surface area contributed by atoms with Crippen LogP contribution in [0.5, 0.6) is 11.5 Å². The van der Waals surface area contributed by atoms with Crippen molar-refractivity contribution in [2.24, 2.45) is 0 Å². The van der Waals surface area contributed by atoms with Crippen LogP contribution >= 0.6 is 11.6 Å². The van der Waals surface area contributed by atoms with Gasteiger partial charge in [0.2, 0.25) is 0 Å². The predicted octanol–water partition coefficient (Wildman–Crippen LogP) is 1.56. The molecule has 0 saturated carbocycles. The molecule has 82 valence electrons. The molecule has 0 aliphatic rings. The van der Waals surface area contributed by atoms with Crippen LogP contribution in [-0.4, -0.2) is 24.2 Å². The number of rotatable bonds is 4. The van der Waals surface area contributed by atoms with Gasteiger partial charge >= 0.3 is 0 Å². The zero-order valence-corrected chi connectivity index (χ0v) is 9.04. The predicted molar refractivity (Wildman–Crippen MR) is 57.3 cm³/mol. The van der Waals surface area contributed by atoms with Crippen molar-refractivity contribution in [2.75, 3.05) is 13.2 Å². The van der Waals surface area contributed by atoms with E-state index in [1.54, 1.807) is 6.07 Å². The Balaban J connectivity index is 2.54. The summed E-state index contributed by atoms with van der Waals surface area (Å²) in [6.07, 6.45) is 0. The number of phenolic OH excluding ortho intramolecular Hbond substituents is 1. The van der Waals surface area contributed by atoms with Crippen molar-refractivity contribution < 1.29 is 14.6 Å². The molecule has 0 bridgehead atoms. The molecule has 4 nitrogen and oxygen atoms in total. The number of benzene rings is 1. The van der Waals surface area contributed by atoms with E-state index in [2.05, 4.69) is 5.32 Å². The highest BCUT2D eigenvalue weighted by Gasteiger charge is 2.05. The van der Waals surface area contributed by atoms with Crippen LogP contribution in [0.15, 0.2) is 18.2 Å². The average molecular weight is 230 g/mol. The Morgan fingerprint density at radius 1 is 1.60 bits per heavy atom. The first-order valence-electron chi connectivity index (χ1n) is 4.51. The van der Waals surface area contributed by atoms with E-state index in [4.69, 9.17) is 16.3 Å². The van der Waals surface area contributed by atoms with Gasteiger partial charge in [0.15, 0.2) is 18.1 Å². The fourth-order valence-electron chi connectivity index (χ4n) is 1.00. The van der Waals surface area contributed by atoms with Crippen molar-refractivity contribution >= 4 is 17.5 Å². The number of nitrogens with one attached hydrogen (secondary N) is 1. The number of carbonyl (C=O) groups excluding carboxylic acids is 1. The minimum absolute atomic E-state index is 0.0770. The molecular weight excluding hydrogens is 218 g/mol. The maximum absolute atomic E-state index is 11.1. The molecule has 1 rings (SSSR count). The summed E-state index contributed by atoms with van der Waals surface area (Å²) in [7, 11) is 0. The number of amides is 1. The Morgan fingerprint density at radius 2 is 2.33 bits per heavy atom. The van der Waals surface area contributed by atoms with Crippen molar-refractivity contribution in [1.82, 2.24) is 5.32 Å². The fourth-order valence-corrected chi connectivity index (χ4v) is 1.17. The van der Waals surface area contributed by atoms with E-state index in [1.807, 2.05) is 6.92 Å². The van der Waals surface area contributed by atoms with Crippen molar-refractivity contribution in [3.8, 4) is 11.5 Å². The van der Waals surface area contributed by atoms with Gasteiger partial charge in [-0.1, -0.05) is 11.6 Å². The number of ether oxygens (including phenoxy) is 1. The first-order valence-corrected chi connectivity index (χ1v) is 4.89. The summed E-state index contributed by atoms with van der Waals surface area (Å²) < 4.78 is 5.09. The molecule has 1 aromatic carbocycles. The number of carbonyl (C=O) groups is 1. The van der Waals surface area contributed by atoms with Crippen molar-refractivity contribution in [3.05, 3.63) is 23.2 Å². The molecule has 0 unspecified atom stereocenters. The number of hydrogen-bond acceptors (Lipinski definition) is 3. The standard InChI is InChI=1S/C10H12ClNO3/c1-2-12-10(14)6-15-9-4-3-7(11)5-8(9)13/h3-5,13H,2,6H2,1H3,(H,12,14). The molecule has 15 heavy (non-hydrogen) atoms. The molecule has 2 N–H and O–H groups in total. The number of phenols is 1. The van der Waals surface area contributed by atoms with Crippen LogP contribution in [-0.2, 0) is 4.79 Å². The highest BCUT2D eigenvalue weighted by molar-refractivity contribution is 6.30. The molecule has 0 aliphatic heterocycles. The smallest absolute Gasteiger partial charge is 0.257 e. The molecule has 0 aromatic heterocycles. The van der Waals surface area contributed by atoms with E-state index >= 15 is 0 Å². The van der Waals surface area contributed by atoms with Gasteiger partial charge in [-0.3, -0.25) is 4.79 Å². The Bertz CT molecular complexity index is 355. The number of hydrogen-bond donors (Lipinski definition) is 2. The Hall–Kier alpha value is -1.42. The molecule has 0 heterocycles. The molecule has 0 fully saturated rings. The SMILES string of the molecule is CCNC(=O)COc1ccc(Cl)cc1O. The van der Waals surface area contributed by atoms with Crippen LogP contribution in [0.3, 0.4) is 0 Å². The third kappa shape index (κ3) is 3.67. The van der Waals surface area contributed by atoms with Crippen LogP contribution in [0.4, 0.5) is 0 Å². The van der Waals surface area contributed by atoms with Gasteiger partial charge in [0.05, 0.1) is 0 Å². The summed E-state index contributed by atoms with van der Waals surface area (Å²) in [5.41, 5.74) is 0. The number of halogens is 1. The molecular formula is C10H12ClNO3. The minimum atomic E-state index is -0.230. The van der Waals surface area contributed by atoms with Crippen LogP contribution in [0.25, 0.3) is 0 Å². The summed E-state index contributed by atoms with van der Waals surface area (Å²) in [5.74, 6) is -0.0655. The normalized spacial score (nSPS) is 9.73. The summed E-state index contributed by atoms with van der Waals surface area (Å²) >= 11 is 5.63. The van der Waals surface area contributed by atoms with Crippen LogP contribution in [0.1, 0.15) is 6.92 Å². The number of likely N-dealkylation sites (N-methyl/N-ethyl adjacent to an activating group) is 1. The Kier molecular flexibility index (Phi) is 4.24. The molecule has 0 spiro atoms. The quantitative estimate of drug-likeness (QED) is 0.824. The van der Waals surface area contributed by atoms with Gasteiger partial charge < -0.3 is 15.2 Å². The Labute approximate surface area is 92.8 Å². The van der Waals surface area contributed by atoms with Crippen LogP contribution < -0.4 is 10.1 Å². The first-order chi connectivity index (χ1) is 7.13. The summed E-state index contributed by atoms with van der Waals surface area (Å²) in [4.78, 5) is 11.1. The molecule has 1 amide bonds. The topological polar surface area (TPSA) is 58.6 Å². The molecule has 5 heteroatoms. The zero-order chi connectivity index (χ0) is 11.3. The van der Waals surface area contributed by atoms with Gasteiger partial charge in [0, 0.05) is 17.6 Å². The molecule has 0 aliphatic carbocycles. The first kappa shape index (κ1) is 11.7. The van der Waals surface area contributed by atoms with Gasteiger partial charge in [0.25, 0.3) is 5.91 Å². The second-order valence-electron chi connectivity index (χ2n) is 2.85. The highest BCUT2D eigenvalue weighted by atomic mass is 35.5. The van der Waals surface area contributed by atoms with E-state index in [9.17, 15) is 9.90 Å². The summed E-state index contributed by atoms with van der Waals surface area (Å²) in [6.45, 7) is 2.25. The van der Waals surface area contributed by atoms with Crippen LogP contribution in [0.2, 0.25) is 5.02 Å². The second kappa shape index (κ2) is 5.46. The molecule has 0 radical (unpaired) electrons. The van der Waals surface area contributed by atoms with E-state index in [0.717, 1.165) is 0 Å². The van der Waals surface area contributed by atoms with Crippen LogP contribution in [0, 0.1) is 0 Å². The van der Waals surface area contributed by atoms with Crippen molar-refractivity contribution in [3.63, 3.8) is 0 Å². The molecule has 0 saturated heterocycles. The fraction of sp³-hybridized carbons (Fsp3) is 0.300. The largest absolute Gasteiger partial charge is 0.504 e. The number of aromatic hydroxyl groups is 1. The molecule has 0 atom stereocenters. The van der Waals surface area contributed by atoms with Gasteiger partial charge in [-0.15, -0.1) is 0 Å². The van der Waals surface area contributed by atoms with E-state index in [0.29, 0.717) is 11.6 Å². The lowest BCUT2D eigenvalue weighted by Crippen LogP contribution is -2.28.